The fourth-order valence-corrected chi connectivity index (χ4v) is 8.52. The van der Waals surface area contributed by atoms with Crippen LogP contribution in [0.2, 0.25) is 0 Å². The first kappa shape index (κ1) is 24.7. The number of likely N-dealkylation sites (N-methyl/N-ethyl adjacent to an activating group) is 2. The van der Waals surface area contributed by atoms with Gasteiger partial charge in [0.1, 0.15) is 5.75 Å². The Morgan fingerprint density at radius 3 is 1.93 bits per heavy atom. The predicted molar refractivity (Wildman–Crippen MR) is 164 cm³/mol. The van der Waals surface area contributed by atoms with Crippen LogP contribution in [0.3, 0.4) is 0 Å². The zero-order valence-corrected chi connectivity index (χ0v) is 23.7. The van der Waals surface area contributed by atoms with Crippen molar-refractivity contribution < 1.29 is 9.15 Å². The average Bonchev–Trinajstić information content (AvgIpc) is 3.48. The average molecular weight is 546 g/mol. The third-order valence-electron chi connectivity index (χ3n) is 10.2. The van der Waals surface area contributed by atoms with Crippen LogP contribution in [0, 0.1) is 0 Å². The Bertz CT molecular complexity index is 1710. The van der Waals surface area contributed by atoms with Gasteiger partial charge in [-0.15, -0.1) is 0 Å². The Morgan fingerprint density at radius 2 is 1.32 bits per heavy atom. The zero-order chi connectivity index (χ0) is 27.8. The molecule has 41 heavy (non-hydrogen) atoms. The van der Waals surface area contributed by atoms with E-state index in [0.717, 1.165) is 35.1 Å². The molecule has 2 N–H and O–H groups in total. The SMILES string of the molecule is CN1CC[C@]23c4ccccc4N[C@H]1[C@]21CCN(C)[C@H]3Nc2ccccc21.COc1c2ccccc2nc2occc12. The molecule has 4 bridgehead atoms. The predicted octanol–water partition coefficient (Wildman–Crippen LogP) is 6.03. The van der Waals surface area contributed by atoms with Crippen LogP contribution in [0.5, 0.6) is 5.75 Å². The molecule has 9 rings (SSSR count). The fraction of sp³-hybridized carbons (Fsp3) is 0.324. The van der Waals surface area contributed by atoms with E-state index in [2.05, 4.69) is 88.0 Å². The van der Waals surface area contributed by atoms with Gasteiger partial charge in [-0.2, -0.15) is 0 Å². The number of piperidine rings is 2. The highest BCUT2D eigenvalue weighted by Crippen LogP contribution is 2.66. The summed E-state index contributed by atoms with van der Waals surface area (Å²) < 4.78 is 10.7. The number of methoxy groups -OCH3 is 1. The van der Waals surface area contributed by atoms with Gasteiger partial charge in [0.15, 0.2) is 0 Å². The van der Waals surface area contributed by atoms with E-state index < -0.39 is 0 Å². The van der Waals surface area contributed by atoms with E-state index in [-0.39, 0.29) is 10.8 Å². The van der Waals surface area contributed by atoms with Crippen LogP contribution in [0.15, 0.2) is 89.5 Å². The molecule has 0 aliphatic carbocycles. The Hall–Kier alpha value is -4.07. The monoisotopic (exact) mass is 545 g/mol. The highest BCUT2D eigenvalue weighted by atomic mass is 16.5. The summed E-state index contributed by atoms with van der Waals surface area (Å²) in [6.07, 6.45) is 4.68. The van der Waals surface area contributed by atoms with Crippen LogP contribution in [-0.2, 0) is 10.8 Å². The van der Waals surface area contributed by atoms with Gasteiger partial charge in [-0.25, -0.2) is 4.98 Å². The number of hydrogen-bond donors (Lipinski definition) is 2. The fourth-order valence-electron chi connectivity index (χ4n) is 8.52. The molecule has 2 aromatic heterocycles. The third kappa shape index (κ3) is 3.19. The lowest BCUT2D eigenvalue weighted by atomic mass is 9.45. The van der Waals surface area contributed by atoms with Gasteiger partial charge in [0.05, 0.1) is 36.6 Å². The number of fused-ring (bicyclic) bond motifs is 4. The largest absolute Gasteiger partial charge is 0.495 e. The Kier molecular flexibility index (Phi) is 5.40. The van der Waals surface area contributed by atoms with E-state index in [9.17, 15) is 0 Å². The molecule has 4 aliphatic rings. The van der Waals surface area contributed by atoms with Crippen molar-refractivity contribution in [2.45, 2.75) is 36.0 Å². The quantitative estimate of drug-likeness (QED) is 0.267. The number of anilines is 2. The topological polar surface area (TPSA) is 65.8 Å². The molecule has 0 unspecified atom stereocenters. The molecular weight excluding hydrogens is 510 g/mol. The van der Waals surface area contributed by atoms with Gasteiger partial charge >= 0.3 is 0 Å². The normalized spacial score (nSPS) is 27.9. The molecule has 7 nitrogen and oxygen atoms in total. The van der Waals surface area contributed by atoms with Crippen LogP contribution in [0.25, 0.3) is 22.0 Å². The van der Waals surface area contributed by atoms with E-state index >= 15 is 0 Å². The van der Waals surface area contributed by atoms with Gasteiger partial charge in [-0.3, -0.25) is 9.80 Å². The molecule has 0 amide bonds. The van der Waals surface area contributed by atoms with Crippen molar-refractivity contribution in [3.05, 3.63) is 96.3 Å². The highest BCUT2D eigenvalue weighted by molar-refractivity contribution is 5.99. The highest BCUT2D eigenvalue weighted by Gasteiger charge is 2.71. The van der Waals surface area contributed by atoms with Gasteiger partial charge in [0.2, 0.25) is 5.71 Å². The summed E-state index contributed by atoms with van der Waals surface area (Å²) in [6.45, 7) is 2.25. The Morgan fingerprint density at radius 1 is 0.756 bits per heavy atom. The van der Waals surface area contributed by atoms with E-state index in [1.165, 1.54) is 35.3 Å². The summed E-state index contributed by atoms with van der Waals surface area (Å²) in [6, 6.07) is 27.8. The standard InChI is InChI=1S/C22H26N4.C12H9NO2/c1-25-13-11-22-16-8-4-5-9-17(16)23-19(25)21(22)12-14-26(2)20(22)24-18-10-6-3-7-15(18)21;1-14-11-8-4-2-3-5-10(8)13-12-9(11)6-7-15-12/h3-10,19-20,23-24H,11-14H2,1-2H3;2-7H,1H3/t19-,20-,21-,22-;/m1./s1. The van der Waals surface area contributed by atoms with E-state index in [0.29, 0.717) is 18.0 Å². The number of pyridine rings is 1. The summed E-state index contributed by atoms with van der Waals surface area (Å²) in [4.78, 5) is 9.51. The molecule has 5 aromatic rings. The maximum Gasteiger partial charge on any atom is 0.230 e. The van der Waals surface area contributed by atoms with Crippen LogP contribution >= 0.6 is 0 Å². The smallest absolute Gasteiger partial charge is 0.230 e. The van der Waals surface area contributed by atoms with Gasteiger partial charge in [-0.05, 0) is 68.4 Å². The molecule has 2 fully saturated rings. The first-order valence-electron chi connectivity index (χ1n) is 14.5. The molecule has 7 heteroatoms. The second-order valence-electron chi connectivity index (χ2n) is 11.9. The number of nitrogens with zero attached hydrogens (tertiary/aromatic N) is 3. The number of para-hydroxylation sites is 3. The minimum Gasteiger partial charge on any atom is -0.495 e. The first-order chi connectivity index (χ1) is 20.1. The summed E-state index contributed by atoms with van der Waals surface area (Å²) in [5.41, 5.74) is 7.36. The van der Waals surface area contributed by atoms with Crippen molar-refractivity contribution in [3.63, 3.8) is 0 Å². The second kappa shape index (κ2) is 8.96. The molecule has 4 atom stereocenters. The Balaban J connectivity index is 0.000000145. The molecule has 3 aromatic carbocycles. The lowest BCUT2D eigenvalue weighted by Crippen LogP contribution is -2.80. The summed E-state index contributed by atoms with van der Waals surface area (Å²) in [7, 11) is 6.25. The maximum atomic E-state index is 5.40. The lowest BCUT2D eigenvalue weighted by molar-refractivity contribution is -0.0691. The van der Waals surface area contributed by atoms with Crippen molar-refractivity contribution in [1.82, 2.24) is 14.8 Å². The van der Waals surface area contributed by atoms with Crippen molar-refractivity contribution in [2.24, 2.45) is 0 Å². The Labute approximate surface area is 240 Å². The number of nitrogens with one attached hydrogen (secondary N) is 2. The van der Waals surface area contributed by atoms with Gasteiger partial charge in [0, 0.05) is 40.7 Å². The molecule has 4 aliphatic heterocycles. The molecule has 208 valence electrons. The van der Waals surface area contributed by atoms with Crippen LogP contribution in [-0.4, -0.2) is 61.4 Å². The number of hydrogen-bond acceptors (Lipinski definition) is 7. The van der Waals surface area contributed by atoms with Crippen molar-refractivity contribution in [1.29, 1.82) is 0 Å². The summed E-state index contributed by atoms with van der Waals surface area (Å²) >= 11 is 0. The number of aromatic nitrogens is 1. The number of benzene rings is 3. The van der Waals surface area contributed by atoms with Crippen LogP contribution in [0.4, 0.5) is 11.4 Å². The third-order valence-corrected chi connectivity index (χ3v) is 10.2. The minimum atomic E-state index is 0.105. The van der Waals surface area contributed by atoms with Crippen molar-refractivity contribution in [2.75, 3.05) is 44.9 Å². The molecule has 0 spiro atoms. The van der Waals surface area contributed by atoms with E-state index in [1.54, 1.807) is 13.4 Å². The zero-order valence-electron chi connectivity index (χ0n) is 23.7. The summed E-state index contributed by atoms with van der Waals surface area (Å²) in [5.74, 6) is 0.823. The number of likely N-dealkylation sites (tertiary alicyclic amines) is 2. The van der Waals surface area contributed by atoms with Gasteiger partial charge in [0.25, 0.3) is 0 Å². The minimum absolute atomic E-state index is 0.105. The van der Waals surface area contributed by atoms with Gasteiger partial charge < -0.3 is 19.8 Å². The lowest BCUT2D eigenvalue weighted by Gasteiger charge is -2.71. The number of rotatable bonds is 1. The number of furan rings is 1. The van der Waals surface area contributed by atoms with Crippen LogP contribution in [0.1, 0.15) is 24.0 Å². The number of ether oxygens (including phenoxy) is 1. The summed E-state index contributed by atoms with van der Waals surface area (Å²) in [5, 5.41) is 9.83. The van der Waals surface area contributed by atoms with Crippen molar-refractivity contribution >= 4 is 33.4 Å². The van der Waals surface area contributed by atoms with Gasteiger partial charge in [-0.1, -0.05) is 48.5 Å². The maximum absolute atomic E-state index is 5.40. The van der Waals surface area contributed by atoms with Crippen LogP contribution < -0.4 is 15.4 Å². The van der Waals surface area contributed by atoms with E-state index in [1.807, 2.05) is 30.3 Å². The molecule has 0 saturated carbocycles. The van der Waals surface area contributed by atoms with Crippen molar-refractivity contribution in [3.8, 4) is 5.75 Å². The first-order valence-corrected chi connectivity index (χ1v) is 14.5. The molecular formula is C34H35N5O2. The molecule has 0 radical (unpaired) electrons. The molecule has 6 heterocycles. The molecule has 2 saturated heterocycles. The second-order valence-corrected chi connectivity index (χ2v) is 11.9. The van der Waals surface area contributed by atoms with E-state index in [4.69, 9.17) is 9.15 Å².